The molecule has 1 aliphatic carbocycles. The molecule has 5 rings (SSSR count). The van der Waals surface area contributed by atoms with Crippen molar-refractivity contribution >= 4 is 16.8 Å². The number of ether oxygens (including phenoxy) is 1. The molecule has 0 spiro atoms. The van der Waals surface area contributed by atoms with Gasteiger partial charge in [-0.2, -0.15) is 5.10 Å². The number of hydrogen-bond donors (Lipinski definition) is 0. The Morgan fingerprint density at radius 3 is 2.93 bits per heavy atom. The van der Waals surface area contributed by atoms with Crippen LogP contribution in [0.4, 0.5) is 0 Å². The third kappa shape index (κ3) is 3.14. The van der Waals surface area contributed by atoms with Crippen molar-refractivity contribution < 1.29 is 9.53 Å². The van der Waals surface area contributed by atoms with Crippen LogP contribution >= 0.6 is 0 Å². The lowest BCUT2D eigenvalue weighted by molar-refractivity contribution is 0.0137. The SMILES string of the molecule is Cn1cc(C(=O)N2Cc3ccnn3CC(OCC3CC3)C2)c2ccccc21. The first kappa shape index (κ1) is 16.6. The Morgan fingerprint density at radius 1 is 1.22 bits per heavy atom. The first-order valence-electron chi connectivity index (χ1n) is 9.64. The molecule has 0 bridgehead atoms. The number of aryl methyl sites for hydroxylation is 1. The lowest BCUT2D eigenvalue weighted by Gasteiger charge is -2.24. The first-order valence-corrected chi connectivity index (χ1v) is 9.64. The summed E-state index contributed by atoms with van der Waals surface area (Å²) < 4.78 is 10.2. The zero-order chi connectivity index (χ0) is 18.4. The molecule has 3 aromatic rings. The van der Waals surface area contributed by atoms with Gasteiger partial charge in [0.1, 0.15) is 0 Å². The third-order valence-electron chi connectivity index (χ3n) is 5.64. The van der Waals surface area contributed by atoms with E-state index in [2.05, 4.69) is 5.10 Å². The van der Waals surface area contributed by atoms with Crippen LogP contribution in [0.1, 0.15) is 28.9 Å². The van der Waals surface area contributed by atoms with Crippen LogP contribution in [0.15, 0.2) is 42.7 Å². The van der Waals surface area contributed by atoms with E-state index in [1.54, 1.807) is 6.20 Å². The fourth-order valence-electron chi connectivity index (χ4n) is 3.91. The van der Waals surface area contributed by atoms with Crippen molar-refractivity contribution in [2.24, 2.45) is 13.0 Å². The van der Waals surface area contributed by atoms with Crippen molar-refractivity contribution in [2.75, 3.05) is 13.2 Å². The van der Waals surface area contributed by atoms with Gasteiger partial charge >= 0.3 is 0 Å². The largest absolute Gasteiger partial charge is 0.374 e. The zero-order valence-corrected chi connectivity index (χ0v) is 15.5. The highest BCUT2D eigenvalue weighted by atomic mass is 16.5. The van der Waals surface area contributed by atoms with E-state index in [9.17, 15) is 4.79 Å². The average molecular weight is 364 g/mol. The number of benzene rings is 1. The van der Waals surface area contributed by atoms with Gasteiger partial charge < -0.3 is 14.2 Å². The van der Waals surface area contributed by atoms with E-state index in [1.807, 2.05) is 57.7 Å². The molecule has 0 radical (unpaired) electrons. The summed E-state index contributed by atoms with van der Waals surface area (Å²) in [5.41, 5.74) is 2.88. The van der Waals surface area contributed by atoms with Crippen molar-refractivity contribution in [1.29, 1.82) is 0 Å². The molecular weight excluding hydrogens is 340 g/mol. The van der Waals surface area contributed by atoms with Crippen molar-refractivity contribution in [1.82, 2.24) is 19.2 Å². The van der Waals surface area contributed by atoms with E-state index in [0.29, 0.717) is 25.6 Å². The number of nitrogens with zero attached hydrogens (tertiary/aromatic N) is 4. The average Bonchev–Trinajstić information content (AvgIpc) is 3.37. The van der Waals surface area contributed by atoms with Gasteiger partial charge in [-0.25, -0.2) is 0 Å². The second-order valence-corrected chi connectivity index (χ2v) is 7.76. The summed E-state index contributed by atoms with van der Waals surface area (Å²) in [6.07, 6.45) is 6.25. The Morgan fingerprint density at radius 2 is 2.07 bits per heavy atom. The fraction of sp³-hybridized carbons (Fsp3) is 0.429. The molecular formula is C21H24N4O2. The summed E-state index contributed by atoms with van der Waals surface area (Å²) in [5, 5.41) is 5.42. The number of carbonyl (C=O) groups is 1. The van der Waals surface area contributed by atoms with E-state index in [1.165, 1.54) is 12.8 Å². The maximum absolute atomic E-state index is 13.4. The molecule has 3 heterocycles. The number of fused-ring (bicyclic) bond motifs is 2. The maximum atomic E-state index is 13.4. The molecule has 1 atom stereocenters. The van der Waals surface area contributed by atoms with Crippen LogP contribution in [-0.2, 0) is 24.9 Å². The third-order valence-corrected chi connectivity index (χ3v) is 5.64. The van der Waals surface area contributed by atoms with Crippen LogP contribution in [0.5, 0.6) is 0 Å². The van der Waals surface area contributed by atoms with Crippen LogP contribution in [0.2, 0.25) is 0 Å². The van der Waals surface area contributed by atoms with Crippen molar-refractivity contribution in [3.8, 4) is 0 Å². The van der Waals surface area contributed by atoms with Crippen LogP contribution < -0.4 is 0 Å². The smallest absolute Gasteiger partial charge is 0.256 e. The van der Waals surface area contributed by atoms with Crippen LogP contribution in [0, 0.1) is 5.92 Å². The summed E-state index contributed by atoms with van der Waals surface area (Å²) in [7, 11) is 1.98. The molecule has 1 fully saturated rings. The molecule has 0 saturated heterocycles. The van der Waals surface area contributed by atoms with Crippen LogP contribution in [0.25, 0.3) is 10.9 Å². The Balaban J connectivity index is 1.45. The van der Waals surface area contributed by atoms with E-state index in [0.717, 1.165) is 28.8 Å². The second kappa shape index (κ2) is 6.53. The van der Waals surface area contributed by atoms with Gasteiger partial charge in [-0.15, -0.1) is 0 Å². The predicted molar refractivity (Wildman–Crippen MR) is 102 cm³/mol. The fourth-order valence-corrected chi connectivity index (χ4v) is 3.91. The lowest BCUT2D eigenvalue weighted by atomic mass is 10.1. The Labute approximate surface area is 158 Å². The molecule has 140 valence electrons. The molecule has 6 nitrogen and oxygen atoms in total. The summed E-state index contributed by atoms with van der Waals surface area (Å²) in [6.45, 7) is 2.65. The van der Waals surface area contributed by atoms with Crippen LogP contribution in [0.3, 0.4) is 0 Å². The van der Waals surface area contributed by atoms with E-state index in [4.69, 9.17) is 4.74 Å². The number of carbonyl (C=O) groups excluding carboxylic acids is 1. The molecule has 1 amide bonds. The summed E-state index contributed by atoms with van der Waals surface area (Å²) >= 11 is 0. The minimum absolute atomic E-state index is 0.0225. The summed E-state index contributed by atoms with van der Waals surface area (Å²) in [5.74, 6) is 0.758. The van der Waals surface area contributed by atoms with E-state index >= 15 is 0 Å². The number of hydrogen-bond acceptors (Lipinski definition) is 3. The number of rotatable bonds is 4. The highest BCUT2D eigenvalue weighted by Crippen LogP contribution is 2.30. The van der Waals surface area contributed by atoms with Gasteiger partial charge in [-0.1, -0.05) is 18.2 Å². The Hall–Kier alpha value is -2.60. The molecule has 1 saturated carbocycles. The van der Waals surface area contributed by atoms with E-state index < -0.39 is 0 Å². The number of aromatic nitrogens is 3. The van der Waals surface area contributed by atoms with Gasteiger partial charge in [0.05, 0.1) is 30.5 Å². The minimum atomic E-state index is -0.0225. The summed E-state index contributed by atoms with van der Waals surface area (Å²) in [4.78, 5) is 15.4. The standard InChI is InChI=1S/C21H24N4O2/c1-23-13-19(18-4-2-3-5-20(18)23)21(26)24-10-16-8-9-22-25(16)12-17(11-24)27-14-15-6-7-15/h2-5,8-9,13,15,17H,6-7,10-12,14H2,1H3. The second-order valence-electron chi connectivity index (χ2n) is 7.76. The Bertz CT molecular complexity index is 985. The number of para-hydroxylation sites is 1. The zero-order valence-electron chi connectivity index (χ0n) is 15.5. The van der Waals surface area contributed by atoms with Gasteiger partial charge in [0.25, 0.3) is 5.91 Å². The monoisotopic (exact) mass is 364 g/mol. The van der Waals surface area contributed by atoms with Crippen molar-refractivity contribution in [3.63, 3.8) is 0 Å². The topological polar surface area (TPSA) is 52.3 Å². The van der Waals surface area contributed by atoms with Gasteiger partial charge in [0, 0.05) is 43.5 Å². The van der Waals surface area contributed by atoms with Crippen LogP contribution in [-0.4, -0.2) is 44.4 Å². The predicted octanol–water partition coefficient (Wildman–Crippen LogP) is 2.83. The Kier molecular flexibility index (Phi) is 4.01. The molecule has 1 unspecified atom stereocenters. The first-order chi connectivity index (χ1) is 13.2. The van der Waals surface area contributed by atoms with Crippen molar-refractivity contribution in [3.05, 3.63) is 54.0 Å². The van der Waals surface area contributed by atoms with Gasteiger partial charge in [0.2, 0.25) is 0 Å². The lowest BCUT2D eigenvalue weighted by Crippen LogP contribution is -2.37. The molecule has 27 heavy (non-hydrogen) atoms. The van der Waals surface area contributed by atoms with Gasteiger partial charge in [-0.3, -0.25) is 9.48 Å². The van der Waals surface area contributed by atoms with Gasteiger partial charge in [-0.05, 0) is 30.9 Å². The molecule has 1 aromatic carbocycles. The number of amides is 1. The molecule has 2 aliphatic rings. The maximum Gasteiger partial charge on any atom is 0.256 e. The molecule has 2 aromatic heterocycles. The summed E-state index contributed by atoms with van der Waals surface area (Å²) in [6, 6.07) is 10.0. The molecule has 6 heteroatoms. The van der Waals surface area contributed by atoms with Crippen molar-refractivity contribution in [2.45, 2.75) is 32.0 Å². The highest BCUT2D eigenvalue weighted by Gasteiger charge is 2.30. The minimum Gasteiger partial charge on any atom is -0.374 e. The van der Waals surface area contributed by atoms with Gasteiger partial charge in [0.15, 0.2) is 0 Å². The molecule has 0 N–H and O–H groups in total. The van der Waals surface area contributed by atoms with E-state index in [-0.39, 0.29) is 12.0 Å². The normalized spacial score (nSPS) is 19.9. The molecule has 1 aliphatic heterocycles. The highest BCUT2D eigenvalue weighted by molar-refractivity contribution is 6.07. The quantitative estimate of drug-likeness (QED) is 0.715.